The Balaban J connectivity index is 2.14. The van der Waals surface area contributed by atoms with Crippen LogP contribution in [0.25, 0.3) is 0 Å². The summed E-state index contributed by atoms with van der Waals surface area (Å²) < 4.78 is 14.1. The van der Waals surface area contributed by atoms with Crippen molar-refractivity contribution in [3.63, 3.8) is 0 Å². The molecule has 1 saturated heterocycles. The van der Waals surface area contributed by atoms with Gasteiger partial charge in [0.25, 0.3) is 0 Å². The van der Waals surface area contributed by atoms with Gasteiger partial charge in [-0.1, -0.05) is 19.1 Å². The fraction of sp³-hybridized carbons (Fsp3) is 0.571. The molecular formula is C14H21FN2S. The number of rotatable bonds is 5. The molecule has 1 aliphatic heterocycles. The van der Waals surface area contributed by atoms with Crippen LogP contribution in [0.3, 0.4) is 0 Å². The van der Waals surface area contributed by atoms with E-state index in [1.165, 1.54) is 0 Å². The Kier molecular flexibility index (Phi) is 5.32. The molecule has 1 aromatic rings. The van der Waals surface area contributed by atoms with E-state index in [4.69, 9.17) is 0 Å². The molecule has 1 heterocycles. The average molecular weight is 268 g/mol. The van der Waals surface area contributed by atoms with Crippen LogP contribution in [0.15, 0.2) is 18.2 Å². The van der Waals surface area contributed by atoms with Crippen LogP contribution in [0, 0.1) is 5.82 Å². The SMILES string of the molecule is CCCNCc1cccc(F)c1N1CCSCC1. The lowest BCUT2D eigenvalue weighted by Crippen LogP contribution is -2.34. The van der Waals surface area contributed by atoms with Gasteiger partial charge in [-0.25, -0.2) is 4.39 Å². The van der Waals surface area contributed by atoms with Crippen LogP contribution in [0.1, 0.15) is 18.9 Å². The van der Waals surface area contributed by atoms with Gasteiger partial charge in [-0.05, 0) is 24.6 Å². The largest absolute Gasteiger partial charge is 0.367 e. The topological polar surface area (TPSA) is 15.3 Å². The molecule has 4 heteroatoms. The summed E-state index contributed by atoms with van der Waals surface area (Å²) in [6.45, 7) is 5.77. The number of benzene rings is 1. The van der Waals surface area contributed by atoms with E-state index in [0.29, 0.717) is 0 Å². The van der Waals surface area contributed by atoms with E-state index in [9.17, 15) is 4.39 Å². The van der Waals surface area contributed by atoms with Crippen molar-refractivity contribution in [2.45, 2.75) is 19.9 Å². The summed E-state index contributed by atoms with van der Waals surface area (Å²) in [7, 11) is 0. The molecule has 0 radical (unpaired) electrons. The van der Waals surface area contributed by atoms with E-state index in [-0.39, 0.29) is 5.82 Å². The summed E-state index contributed by atoms with van der Waals surface area (Å²) >= 11 is 1.95. The molecule has 0 atom stereocenters. The van der Waals surface area contributed by atoms with E-state index in [2.05, 4.69) is 17.1 Å². The Morgan fingerprint density at radius 2 is 2.11 bits per heavy atom. The zero-order chi connectivity index (χ0) is 12.8. The Morgan fingerprint density at radius 3 is 2.83 bits per heavy atom. The Bertz CT molecular complexity index is 378. The maximum absolute atomic E-state index is 14.1. The number of anilines is 1. The molecule has 100 valence electrons. The molecule has 0 unspecified atom stereocenters. The van der Waals surface area contributed by atoms with Crippen molar-refractivity contribution in [1.29, 1.82) is 0 Å². The van der Waals surface area contributed by atoms with E-state index in [1.54, 1.807) is 12.1 Å². The number of nitrogens with one attached hydrogen (secondary N) is 1. The van der Waals surface area contributed by atoms with Crippen LogP contribution in [0.5, 0.6) is 0 Å². The first-order valence-electron chi connectivity index (χ1n) is 6.63. The molecule has 0 aromatic heterocycles. The van der Waals surface area contributed by atoms with Crippen molar-refractivity contribution in [3.05, 3.63) is 29.6 Å². The van der Waals surface area contributed by atoms with Crippen LogP contribution in [0.2, 0.25) is 0 Å². The van der Waals surface area contributed by atoms with Crippen LogP contribution in [-0.2, 0) is 6.54 Å². The number of hydrogen-bond donors (Lipinski definition) is 1. The summed E-state index contributed by atoms with van der Waals surface area (Å²) in [5.41, 5.74) is 1.89. The van der Waals surface area contributed by atoms with Gasteiger partial charge in [0.05, 0.1) is 5.69 Å². The van der Waals surface area contributed by atoms with Crippen molar-refractivity contribution >= 4 is 17.4 Å². The third-order valence-corrected chi connectivity index (χ3v) is 4.08. The third kappa shape index (κ3) is 3.39. The van der Waals surface area contributed by atoms with Gasteiger partial charge in [0, 0.05) is 31.1 Å². The molecule has 0 saturated carbocycles. The van der Waals surface area contributed by atoms with Gasteiger partial charge in [-0.2, -0.15) is 11.8 Å². The first-order chi connectivity index (χ1) is 8.83. The molecule has 0 bridgehead atoms. The number of thioether (sulfide) groups is 1. The van der Waals surface area contributed by atoms with Gasteiger partial charge in [0.15, 0.2) is 0 Å². The normalized spacial score (nSPS) is 16.0. The molecule has 2 nitrogen and oxygen atoms in total. The molecule has 18 heavy (non-hydrogen) atoms. The lowest BCUT2D eigenvalue weighted by molar-refractivity contribution is 0.610. The monoisotopic (exact) mass is 268 g/mol. The lowest BCUT2D eigenvalue weighted by Gasteiger charge is -2.30. The fourth-order valence-corrected chi connectivity index (χ4v) is 3.15. The van der Waals surface area contributed by atoms with Crippen LogP contribution in [0.4, 0.5) is 10.1 Å². The lowest BCUT2D eigenvalue weighted by atomic mass is 10.1. The van der Waals surface area contributed by atoms with Crippen molar-refractivity contribution < 1.29 is 4.39 Å². The number of hydrogen-bond acceptors (Lipinski definition) is 3. The Morgan fingerprint density at radius 1 is 1.33 bits per heavy atom. The molecule has 1 aliphatic rings. The summed E-state index contributed by atoms with van der Waals surface area (Å²) in [6.07, 6.45) is 1.10. The predicted octanol–water partition coefficient (Wildman–Crippen LogP) is 2.88. The summed E-state index contributed by atoms with van der Waals surface area (Å²) in [5.74, 6) is 2.10. The van der Waals surface area contributed by atoms with Gasteiger partial charge in [0.2, 0.25) is 0 Å². The van der Waals surface area contributed by atoms with Gasteiger partial charge in [0.1, 0.15) is 5.82 Å². The first kappa shape index (κ1) is 13.7. The fourth-order valence-electron chi connectivity index (χ4n) is 2.24. The highest BCUT2D eigenvalue weighted by atomic mass is 32.2. The highest BCUT2D eigenvalue weighted by Gasteiger charge is 2.18. The second kappa shape index (κ2) is 7.00. The molecule has 1 N–H and O–H groups in total. The third-order valence-electron chi connectivity index (χ3n) is 3.14. The molecule has 1 aromatic carbocycles. The van der Waals surface area contributed by atoms with Crippen molar-refractivity contribution in [2.75, 3.05) is 36.0 Å². The standard InChI is InChI=1S/C14H21FN2S/c1-2-6-16-11-12-4-3-5-13(15)14(12)17-7-9-18-10-8-17/h3-5,16H,2,6-11H2,1H3. The van der Waals surface area contributed by atoms with Crippen molar-refractivity contribution in [3.8, 4) is 0 Å². The number of nitrogens with zero attached hydrogens (tertiary/aromatic N) is 1. The molecule has 0 amide bonds. The second-order valence-corrected chi connectivity index (χ2v) is 5.75. The maximum Gasteiger partial charge on any atom is 0.146 e. The molecular weight excluding hydrogens is 247 g/mol. The van der Waals surface area contributed by atoms with Crippen LogP contribution in [-0.4, -0.2) is 31.1 Å². The molecule has 0 spiro atoms. The predicted molar refractivity (Wildman–Crippen MR) is 77.9 cm³/mol. The zero-order valence-corrected chi connectivity index (χ0v) is 11.7. The van der Waals surface area contributed by atoms with Gasteiger partial charge in [-0.15, -0.1) is 0 Å². The molecule has 0 aliphatic carbocycles. The van der Waals surface area contributed by atoms with Crippen molar-refractivity contribution in [2.24, 2.45) is 0 Å². The zero-order valence-electron chi connectivity index (χ0n) is 10.9. The number of halogens is 1. The minimum absolute atomic E-state index is 0.0855. The van der Waals surface area contributed by atoms with Gasteiger partial charge >= 0.3 is 0 Å². The van der Waals surface area contributed by atoms with E-state index in [1.807, 2.05) is 17.8 Å². The molecule has 2 rings (SSSR count). The van der Waals surface area contributed by atoms with E-state index in [0.717, 1.165) is 55.4 Å². The Hall–Kier alpha value is -0.740. The minimum Gasteiger partial charge on any atom is -0.367 e. The first-order valence-corrected chi connectivity index (χ1v) is 7.79. The summed E-state index contributed by atoms with van der Waals surface area (Å²) in [5, 5.41) is 3.36. The second-order valence-electron chi connectivity index (χ2n) is 4.52. The van der Waals surface area contributed by atoms with Crippen molar-refractivity contribution in [1.82, 2.24) is 5.32 Å². The quantitative estimate of drug-likeness (QED) is 0.827. The van der Waals surface area contributed by atoms with E-state index >= 15 is 0 Å². The van der Waals surface area contributed by atoms with Gasteiger partial charge in [-0.3, -0.25) is 0 Å². The van der Waals surface area contributed by atoms with Gasteiger partial charge < -0.3 is 10.2 Å². The minimum atomic E-state index is -0.0855. The summed E-state index contributed by atoms with van der Waals surface area (Å²) in [4.78, 5) is 2.19. The summed E-state index contributed by atoms with van der Waals surface area (Å²) in [6, 6.07) is 5.41. The highest BCUT2D eigenvalue weighted by Crippen LogP contribution is 2.27. The molecule has 1 fully saturated rings. The Labute approximate surface area is 113 Å². The smallest absolute Gasteiger partial charge is 0.146 e. The van der Waals surface area contributed by atoms with Crippen LogP contribution < -0.4 is 10.2 Å². The number of para-hydroxylation sites is 1. The highest BCUT2D eigenvalue weighted by molar-refractivity contribution is 7.99. The average Bonchev–Trinajstić information content (AvgIpc) is 2.40. The van der Waals surface area contributed by atoms with E-state index < -0.39 is 0 Å². The maximum atomic E-state index is 14.1. The van der Waals surface area contributed by atoms with Crippen LogP contribution >= 0.6 is 11.8 Å².